The molecule has 0 atom stereocenters. The van der Waals surface area contributed by atoms with Gasteiger partial charge in [0.25, 0.3) is 0 Å². The van der Waals surface area contributed by atoms with Crippen molar-refractivity contribution in [3.8, 4) is 0 Å². The summed E-state index contributed by atoms with van der Waals surface area (Å²) in [7, 11) is 1.74. The molecule has 0 saturated heterocycles. The first-order valence-corrected chi connectivity index (χ1v) is 5.73. The molecule has 0 aliphatic carbocycles. The third-order valence-electron chi connectivity index (χ3n) is 2.20. The van der Waals surface area contributed by atoms with Gasteiger partial charge in [0.2, 0.25) is 0 Å². The van der Waals surface area contributed by atoms with E-state index in [1.807, 2.05) is 0 Å². The van der Waals surface area contributed by atoms with Gasteiger partial charge in [-0.15, -0.1) is 5.10 Å². The molecule has 7 nitrogen and oxygen atoms in total. The zero-order valence-corrected chi connectivity index (χ0v) is 10.8. The van der Waals surface area contributed by atoms with Crippen LogP contribution in [-0.2, 0) is 18.3 Å². The van der Waals surface area contributed by atoms with Gasteiger partial charge >= 0.3 is 5.97 Å². The van der Waals surface area contributed by atoms with Gasteiger partial charge in [-0.05, 0) is 6.92 Å². The van der Waals surface area contributed by atoms with Gasteiger partial charge in [0, 0.05) is 13.1 Å². The van der Waals surface area contributed by atoms with E-state index < -0.39 is 5.97 Å². The molecular formula is C10H12ClN5O2. The minimum atomic E-state index is -0.484. The summed E-state index contributed by atoms with van der Waals surface area (Å²) >= 11 is 5.87. The molecule has 0 bridgehead atoms. The first-order valence-electron chi connectivity index (χ1n) is 5.36. The molecule has 0 unspecified atom stereocenters. The number of halogens is 1. The number of hydrogen-bond acceptors (Lipinski definition) is 5. The lowest BCUT2D eigenvalue weighted by molar-refractivity contribution is 0.0518. The minimum Gasteiger partial charge on any atom is -0.461 e. The molecule has 0 aliphatic heterocycles. The summed E-state index contributed by atoms with van der Waals surface area (Å²) in [5.74, 6) is -0.484. The summed E-state index contributed by atoms with van der Waals surface area (Å²) in [5.41, 5.74) is 0.896. The van der Waals surface area contributed by atoms with E-state index in [4.69, 9.17) is 16.3 Å². The van der Waals surface area contributed by atoms with Crippen LogP contribution in [0.5, 0.6) is 0 Å². The van der Waals surface area contributed by atoms with Crippen LogP contribution >= 0.6 is 11.6 Å². The van der Waals surface area contributed by atoms with Crippen LogP contribution in [0, 0.1) is 0 Å². The Bertz CT molecular complexity index is 543. The van der Waals surface area contributed by atoms with Crippen molar-refractivity contribution in [2.75, 3.05) is 6.61 Å². The van der Waals surface area contributed by atoms with E-state index >= 15 is 0 Å². The Kier molecular flexibility index (Phi) is 3.61. The van der Waals surface area contributed by atoms with Crippen molar-refractivity contribution in [2.24, 2.45) is 7.05 Å². The number of rotatable bonds is 4. The lowest BCUT2D eigenvalue weighted by Gasteiger charge is -1.96. The van der Waals surface area contributed by atoms with Crippen molar-refractivity contribution in [1.82, 2.24) is 24.8 Å². The molecule has 2 aromatic heterocycles. The van der Waals surface area contributed by atoms with E-state index in [-0.39, 0.29) is 5.69 Å². The van der Waals surface area contributed by atoms with Gasteiger partial charge in [-0.3, -0.25) is 4.68 Å². The molecule has 2 aromatic rings. The van der Waals surface area contributed by atoms with Crippen LogP contribution in [0.25, 0.3) is 0 Å². The number of aryl methyl sites for hydroxylation is 1. The molecule has 0 aliphatic rings. The molecule has 18 heavy (non-hydrogen) atoms. The second-order valence-electron chi connectivity index (χ2n) is 3.56. The maximum absolute atomic E-state index is 11.4. The van der Waals surface area contributed by atoms with Crippen LogP contribution in [-0.4, -0.2) is 37.4 Å². The molecule has 96 valence electrons. The lowest BCUT2D eigenvalue weighted by atomic mass is 10.4. The molecule has 0 N–H and O–H groups in total. The Morgan fingerprint density at radius 2 is 2.28 bits per heavy atom. The molecule has 0 radical (unpaired) electrons. The largest absolute Gasteiger partial charge is 0.461 e. The van der Waals surface area contributed by atoms with Crippen molar-refractivity contribution < 1.29 is 9.53 Å². The zero-order valence-electron chi connectivity index (χ0n) is 10.00. The summed E-state index contributed by atoms with van der Waals surface area (Å²) < 4.78 is 6.37. The Balaban J connectivity index is 2.09. The fraction of sp³-hybridized carbons (Fsp3) is 0.400. The Labute approximate surface area is 108 Å². The van der Waals surface area contributed by atoms with Gasteiger partial charge in [-0.1, -0.05) is 11.6 Å². The van der Waals surface area contributed by atoms with Gasteiger partial charge in [0.05, 0.1) is 18.5 Å². The third kappa shape index (κ3) is 2.67. The van der Waals surface area contributed by atoms with Crippen LogP contribution in [0.3, 0.4) is 0 Å². The topological polar surface area (TPSA) is 74.8 Å². The molecule has 0 aromatic carbocycles. The normalized spacial score (nSPS) is 10.6. The first kappa shape index (κ1) is 12.6. The summed E-state index contributed by atoms with van der Waals surface area (Å²) in [5, 5.41) is 12.7. The quantitative estimate of drug-likeness (QED) is 0.771. The zero-order chi connectivity index (χ0) is 13.1. The van der Waals surface area contributed by atoms with Gasteiger partial charge in [-0.25, -0.2) is 4.79 Å². The highest BCUT2D eigenvalue weighted by molar-refractivity contribution is 6.29. The SMILES string of the molecule is CCOC(=O)c1cnn(Cc2cc(Cl)n(C)n2)n1. The Morgan fingerprint density at radius 3 is 2.89 bits per heavy atom. The molecule has 0 fully saturated rings. The number of nitrogens with zero attached hydrogens (tertiary/aromatic N) is 5. The van der Waals surface area contributed by atoms with Crippen molar-refractivity contribution in [2.45, 2.75) is 13.5 Å². The van der Waals surface area contributed by atoms with Gasteiger partial charge in [0.1, 0.15) is 11.7 Å². The van der Waals surface area contributed by atoms with Crippen LogP contribution in [0.15, 0.2) is 12.3 Å². The van der Waals surface area contributed by atoms with Crippen molar-refractivity contribution in [3.05, 3.63) is 28.8 Å². The highest BCUT2D eigenvalue weighted by Crippen LogP contribution is 2.09. The maximum Gasteiger partial charge on any atom is 0.360 e. The Hall–Kier alpha value is -1.89. The van der Waals surface area contributed by atoms with Crippen LogP contribution in [0.4, 0.5) is 0 Å². The molecule has 0 saturated carbocycles. The minimum absolute atomic E-state index is 0.180. The van der Waals surface area contributed by atoms with E-state index in [1.165, 1.54) is 11.0 Å². The number of hydrogen-bond donors (Lipinski definition) is 0. The smallest absolute Gasteiger partial charge is 0.360 e. The fourth-order valence-corrected chi connectivity index (χ4v) is 1.56. The number of esters is 1. The summed E-state index contributed by atoms with van der Waals surface area (Å²) in [6.45, 7) is 2.39. The molecule has 8 heteroatoms. The van der Waals surface area contributed by atoms with Gasteiger partial charge in [-0.2, -0.15) is 15.0 Å². The van der Waals surface area contributed by atoms with E-state index in [9.17, 15) is 4.79 Å². The maximum atomic E-state index is 11.4. The van der Waals surface area contributed by atoms with Crippen LogP contribution in [0.2, 0.25) is 5.15 Å². The average Bonchev–Trinajstić information content (AvgIpc) is 2.88. The number of aromatic nitrogens is 5. The lowest BCUT2D eigenvalue weighted by Crippen LogP contribution is -2.09. The van der Waals surface area contributed by atoms with E-state index in [0.29, 0.717) is 24.0 Å². The molecule has 2 heterocycles. The van der Waals surface area contributed by atoms with Crippen molar-refractivity contribution >= 4 is 17.6 Å². The number of carbonyl (C=O) groups excluding carboxylic acids is 1. The van der Waals surface area contributed by atoms with E-state index in [2.05, 4.69) is 15.3 Å². The molecule has 0 amide bonds. The standard InChI is InChI=1S/C10H12ClN5O2/c1-3-18-10(17)8-5-12-16(14-8)6-7-4-9(11)15(2)13-7/h4-5H,3,6H2,1-2H3. The van der Waals surface area contributed by atoms with Crippen LogP contribution in [0.1, 0.15) is 23.1 Å². The Morgan fingerprint density at radius 1 is 1.50 bits per heavy atom. The number of carbonyl (C=O) groups is 1. The average molecular weight is 270 g/mol. The predicted molar refractivity (Wildman–Crippen MR) is 63.3 cm³/mol. The summed E-state index contributed by atoms with van der Waals surface area (Å²) in [6, 6.07) is 1.72. The van der Waals surface area contributed by atoms with E-state index in [1.54, 1.807) is 24.7 Å². The van der Waals surface area contributed by atoms with Crippen molar-refractivity contribution in [1.29, 1.82) is 0 Å². The summed E-state index contributed by atoms with van der Waals surface area (Å²) in [6.07, 6.45) is 1.36. The first-order chi connectivity index (χ1) is 8.60. The monoisotopic (exact) mass is 269 g/mol. The van der Waals surface area contributed by atoms with Crippen LogP contribution < -0.4 is 0 Å². The second kappa shape index (κ2) is 5.18. The summed E-state index contributed by atoms with van der Waals surface area (Å²) in [4.78, 5) is 12.8. The van der Waals surface area contributed by atoms with Gasteiger partial charge < -0.3 is 4.74 Å². The molecule has 0 spiro atoms. The van der Waals surface area contributed by atoms with Gasteiger partial charge in [0.15, 0.2) is 5.69 Å². The molecular weight excluding hydrogens is 258 g/mol. The highest BCUT2D eigenvalue weighted by atomic mass is 35.5. The highest BCUT2D eigenvalue weighted by Gasteiger charge is 2.12. The predicted octanol–water partition coefficient (Wildman–Crippen LogP) is 0.890. The second-order valence-corrected chi connectivity index (χ2v) is 3.95. The fourth-order valence-electron chi connectivity index (χ4n) is 1.39. The van der Waals surface area contributed by atoms with Crippen molar-refractivity contribution in [3.63, 3.8) is 0 Å². The van der Waals surface area contributed by atoms with E-state index in [0.717, 1.165) is 0 Å². The third-order valence-corrected chi connectivity index (χ3v) is 2.55. The number of ether oxygens (including phenoxy) is 1. The molecule has 2 rings (SSSR count).